The molecule has 19 heavy (non-hydrogen) atoms. The molecule has 1 aromatic carbocycles. The van der Waals surface area contributed by atoms with Crippen molar-refractivity contribution in [1.82, 2.24) is 15.0 Å². The molecule has 3 N–H and O–H groups in total. The maximum Gasteiger partial charge on any atom is 0.250 e. The summed E-state index contributed by atoms with van der Waals surface area (Å²) in [6.07, 6.45) is 0. The van der Waals surface area contributed by atoms with Gasteiger partial charge in [0, 0.05) is 10.7 Å². The molecule has 9 heteroatoms. The first-order valence-electron chi connectivity index (χ1n) is 4.96. The second kappa shape index (κ2) is 5.54. The molecule has 0 saturated carbocycles. The van der Waals surface area contributed by atoms with Crippen LogP contribution in [0.1, 0.15) is 5.82 Å². The fourth-order valence-corrected chi connectivity index (χ4v) is 1.62. The lowest BCUT2D eigenvalue weighted by Crippen LogP contribution is -2.13. The van der Waals surface area contributed by atoms with Gasteiger partial charge in [-0.1, -0.05) is 46.4 Å². The third kappa shape index (κ3) is 3.98. The molecule has 0 atom stereocenters. The number of benzene rings is 1. The third-order valence-electron chi connectivity index (χ3n) is 2.01. The van der Waals surface area contributed by atoms with E-state index in [0.717, 1.165) is 0 Å². The maximum absolute atomic E-state index is 5.78. The second-order valence-electron chi connectivity index (χ2n) is 3.47. The van der Waals surface area contributed by atoms with Crippen molar-refractivity contribution in [3.8, 4) is 0 Å². The van der Waals surface area contributed by atoms with Crippen molar-refractivity contribution in [1.29, 1.82) is 0 Å². The summed E-state index contributed by atoms with van der Waals surface area (Å²) in [5.41, 5.74) is 6.25. The van der Waals surface area contributed by atoms with Gasteiger partial charge in [0.15, 0.2) is 5.82 Å². The zero-order valence-corrected chi connectivity index (χ0v) is 12.3. The minimum Gasteiger partial charge on any atom is -0.368 e. The van der Waals surface area contributed by atoms with Gasteiger partial charge in [-0.05, 0) is 24.3 Å². The van der Waals surface area contributed by atoms with Crippen LogP contribution in [0.25, 0.3) is 0 Å². The van der Waals surface area contributed by atoms with Gasteiger partial charge < -0.3 is 11.1 Å². The lowest BCUT2D eigenvalue weighted by molar-refractivity contribution is 0.935. The number of nitrogens with zero attached hydrogens (tertiary/aromatic N) is 3. The highest BCUT2D eigenvalue weighted by atomic mass is 35.6. The number of alkyl halides is 3. The van der Waals surface area contributed by atoms with Crippen molar-refractivity contribution in [3.63, 3.8) is 0 Å². The van der Waals surface area contributed by atoms with Crippen molar-refractivity contribution in [2.45, 2.75) is 3.79 Å². The van der Waals surface area contributed by atoms with Gasteiger partial charge in [0.05, 0.1) is 0 Å². The Morgan fingerprint density at radius 1 is 1.00 bits per heavy atom. The van der Waals surface area contributed by atoms with Crippen molar-refractivity contribution < 1.29 is 0 Å². The van der Waals surface area contributed by atoms with E-state index in [4.69, 9.17) is 52.1 Å². The van der Waals surface area contributed by atoms with Crippen LogP contribution in [0.2, 0.25) is 5.02 Å². The van der Waals surface area contributed by atoms with Crippen LogP contribution in [-0.4, -0.2) is 15.0 Å². The van der Waals surface area contributed by atoms with E-state index in [9.17, 15) is 0 Å². The number of nitrogen functional groups attached to an aromatic ring is 1. The summed E-state index contributed by atoms with van der Waals surface area (Å²) in [4.78, 5) is 11.6. The number of nitrogens with one attached hydrogen (secondary N) is 1. The Morgan fingerprint density at radius 3 is 2.21 bits per heavy atom. The molecule has 0 spiro atoms. The van der Waals surface area contributed by atoms with E-state index in [1.807, 2.05) is 0 Å². The first kappa shape index (κ1) is 14.4. The number of aromatic nitrogens is 3. The van der Waals surface area contributed by atoms with Crippen molar-refractivity contribution >= 4 is 64.0 Å². The Hall–Kier alpha value is -1.01. The fourth-order valence-electron chi connectivity index (χ4n) is 1.24. The highest BCUT2D eigenvalue weighted by Gasteiger charge is 2.28. The van der Waals surface area contributed by atoms with Gasteiger partial charge in [0.2, 0.25) is 15.7 Å². The Morgan fingerprint density at radius 2 is 1.63 bits per heavy atom. The lowest BCUT2D eigenvalue weighted by Gasteiger charge is -2.11. The average molecular weight is 339 g/mol. The number of hydrogen-bond donors (Lipinski definition) is 2. The largest absolute Gasteiger partial charge is 0.368 e. The molecule has 0 radical (unpaired) electrons. The molecular weight excluding hydrogens is 332 g/mol. The molecule has 2 rings (SSSR count). The summed E-state index contributed by atoms with van der Waals surface area (Å²) in [5.74, 6) is 0.0744. The zero-order chi connectivity index (χ0) is 14.0. The minimum absolute atomic E-state index is 0.0483. The fraction of sp³-hybridized carbons (Fsp3) is 0.100. The van der Waals surface area contributed by atoms with Crippen molar-refractivity contribution in [3.05, 3.63) is 35.1 Å². The summed E-state index contributed by atoms with van der Waals surface area (Å²) < 4.78 is -1.77. The van der Waals surface area contributed by atoms with Gasteiger partial charge in [-0.3, -0.25) is 0 Å². The number of nitrogens with two attached hydrogens (primary N) is 1. The molecule has 0 unspecified atom stereocenters. The van der Waals surface area contributed by atoms with Crippen LogP contribution in [0.15, 0.2) is 24.3 Å². The highest BCUT2D eigenvalue weighted by molar-refractivity contribution is 6.66. The highest BCUT2D eigenvalue weighted by Crippen LogP contribution is 2.36. The van der Waals surface area contributed by atoms with Gasteiger partial charge >= 0.3 is 0 Å². The summed E-state index contributed by atoms with van der Waals surface area (Å²) >= 11 is 22.9. The Labute approximate surface area is 129 Å². The number of hydrogen-bond acceptors (Lipinski definition) is 5. The van der Waals surface area contributed by atoms with Crippen LogP contribution in [0.3, 0.4) is 0 Å². The minimum atomic E-state index is -1.77. The molecule has 5 nitrogen and oxygen atoms in total. The maximum atomic E-state index is 5.78. The molecule has 0 fully saturated rings. The predicted octanol–water partition coefficient (Wildman–Crippen LogP) is 3.68. The van der Waals surface area contributed by atoms with E-state index in [1.54, 1.807) is 24.3 Å². The van der Waals surface area contributed by atoms with Gasteiger partial charge in [0.1, 0.15) is 0 Å². The number of rotatable bonds is 2. The van der Waals surface area contributed by atoms with Gasteiger partial charge in [-0.15, -0.1) is 0 Å². The van der Waals surface area contributed by atoms with E-state index < -0.39 is 3.79 Å². The molecule has 1 heterocycles. The van der Waals surface area contributed by atoms with Gasteiger partial charge in [0.25, 0.3) is 0 Å². The van der Waals surface area contributed by atoms with Crippen LogP contribution < -0.4 is 11.1 Å². The summed E-state index contributed by atoms with van der Waals surface area (Å²) in [7, 11) is 0. The zero-order valence-electron chi connectivity index (χ0n) is 9.24. The monoisotopic (exact) mass is 337 g/mol. The van der Waals surface area contributed by atoms with Crippen LogP contribution in [-0.2, 0) is 3.79 Å². The Bertz CT molecular complexity index is 581. The normalized spacial score (nSPS) is 11.4. The molecule has 0 bridgehead atoms. The van der Waals surface area contributed by atoms with Gasteiger partial charge in [-0.2, -0.15) is 15.0 Å². The topological polar surface area (TPSA) is 76.7 Å². The van der Waals surface area contributed by atoms with Crippen molar-refractivity contribution in [2.75, 3.05) is 11.1 Å². The number of anilines is 3. The molecule has 100 valence electrons. The van der Waals surface area contributed by atoms with Crippen LogP contribution >= 0.6 is 46.4 Å². The first-order chi connectivity index (χ1) is 8.84. The van der Waals surface area contributed by atoms with Crippen LogP contribution in [0.5, 0.6) is 0 Å². The van der Waals surface area contributed by atoms with E-state index in [-0.39, 0.29) is 17.7 Å². The molecule has 0 amide bonds. The molecule has 0 aliphatic rings. The molecular formula is C10H7Cl4N5. The van der Waals surface area contributed by atoms with Crippen molar-refractivity contribution in [2.24, 2.45) is 0 Å². The van der Waals surface area contributed by atoms with E-state index in [0.29, 0.717) is 10.7 Å². The number of halogens is 4. The molecule has 2 aromatic rings. The Balaban J connectivity index is 2.30. The first-order valence-corrected chi connectivity index (χ1v) is 6.47. The van der Waals surface area contributed by atoms with E-state index in [1.165, 1.54) is 0 Å². The van der Waals surface area contributed by atoms with Crippen LogP contribution in [0, 0.1) is 0 Å². The molecule has 0 aliphatic carbocycles. The molecule has 0 saturated heterocycles. The predicted molar refractivity (Wildman–Crippen MR) is 78.2 cm³/mol. The second-order valence-corrected chi connectivity index (χ2v) is 6.19. The quantitative estimate of drug-likeness (QED) is 0.817. The summed E-state index contributed by atoms with van der Waals surface area (Å²) in [6, 6.07) is 6.92. The average Bonchev–Trinajstić information content (AvgIpc) is 2.30. The Kier molecular flexibility index (Phi) is 4.20. The smallest absolute Gasteiger partial charge is 0.250 e. The summed E-state index contributed by atoms with van der Waals surface area (Å²) in [6.45, 7) is 0. The molecule has 0 aliphatic heterocycles. The molecule has 1 aromatic heterocycles. The SMILES string of the molecule is Nc1nc(Nc2ccc(Cl)cc2)nc(C(Cl)(Cl)Cl)n1. The summed E-state index contributed by atoms with van der Waals surface area (Å²) in [5, 5.41) is 3.52. The van der Waals surface area contributed by atoms with Crippen LogP contribution in [0.4, 0.5) is 17.6 Å². The third-order valence-corrected chi connectivity index (χ3v) is 2.77. The van der Waals surface area contributed by atoms with E-state index in [2.05, 4.69) is 20.3 Å². The lowest BCUT2D eigenvalue weighted by atomic mass is 10.3. The van der Waals surface area contributed by atoms with Gasteiger partial charge in [-0.25, -0.2) is 0 Å². The van der Waals surface area contributed by atoms with E-state index >= 15 is 0 Å². The standard InChI is InChI=1S/C10H7Cl4N5/c11-5-1-3-6(4-2-5)16-9-18-7(10(12,13)14)17-8(15)19-9/h1-4H,(H3,15,16,17,18,19).